The lowest BCUT2D eigenvalue weighted by atomic mass is 10.1. The van der Waals surface area contributed by atoms with E-state index in [1.165, 1.54) is 6.07 Å². The predicted molar refractivity (Wildman–Crippen MR) is 85.8 cm³/mol. The van der Waals surface area contributed by atoms with Gasteiger partial charge in [0, 0.05) is 0 Å². The summed E-state index contributed by atoms with van der Waals surface area (Å²) < 4.78 is 5.34. The number of para-hydroxylation sites is 1. The van der Waals surface area contributed by atoms with Crippen molar-refractivity contribution in [3.05, 3.63) is 69.2 Å². The van der Waals surface area contributed by atoms with Crippen LogP contribution >= 0.6 is 0 Å². The normalized spacial score (nSPS) is 10.4. The maximum Gasteiger partial charge on any atom is 0.272 e. The van der Waals surface area contributed by atoms with Gasteiger partial charge < -0.3 is 10.1 Å². The number of rotatable bonds is 4. The van der Waals surface area contributed by atoms with Crippen molar-refractivity contribution < 1.29 is 9.53 Å². The molecule has 1 heterocycles. The number of carbonyl (C=O) groups is 1. The van der Waals surface area contributed by atoms with E-state index in [2.05, 4.69) is 15.5 Å². The number of H-pyrrole nitrogens is 2. The van der Waals surface area contributed by atoms with Crippen molar-refractivity contribution in [3.8, 4) is 5.75 Å². The highest BCUT2D eigenvalue weighted by Gasteiger charge is 2.11. The first kappa shape index (κ1) is 14.6. The van der Waals surface area contributed by atoms with Gasteiger partial charge in [-0.3, -0.25) is 24.6 Å². The zero-order chi connectivity index (χ0) is 16.2. The Morgan fingerprint density at radius 1 is 0.957 bits per heavy atom. The topological polar surface area (TPSA) is 104 Å². The lowest BCUT2D eigenvalue weighted by Crippen LogP contribution is -2.24. The van der Waals surface area contributed by atoms with E-state index in [0.29, 0.717) is 5.75 Å². The molecule has 0 saturated heterocycles. The molecule has 3 rings (SSSR count). The van der Waals surface area contributed by atoms with Gasteiger partial charge in [0.15, 0.2) is 6.61 Å². The van der Waals surface area contributed by atoms with Crippen LogP contribution in [0.1, 0.15) is 0 Å². The van der Waals surface area contributed by atoms with Crippen LogP contribution in [0.3, 0.4) is 0 Å². The fraction of sp³-hybridized carbons (Fsp3) is 0.0625. The molecular weight excluding hydrogens is 298 g/mol. The number of amides is 1. The van der Waals surface area contributed by atoms with Crippen molar-refractivity contribution in [1.29, 1.82) is 0 Å². The molecule has 3 aromatic rings. The maximum absolute atomic E-state index is 12.0. The Labute approximate surface area is 129 Å². The van der Waals surface area contributed by atoms with Gasteiger partial charge in [-0.05, 0) is 24.3 Å². The van der Waals surface area contributed by atoms with Gasteiger partial charge in [0.25, 0.3) is 17.0 Å². The number of fused-ring (bicyclic) bond motifs is 1. The molecule has 2 aromatic carbocycles. The molecule has 0 fully saturated rings. The molecule has 0 atom stereocenters. The molecule has 3 N–H and O–H groups in total. The Balaban J connectivity index is 1.82. The molecule has 116 valence electrons. The summed E-state index contributed by atoms with van der Waals surface area (Å²) in [6.45, 7) is -0.207. The number of benzene rings is 2. The first-order chi connectivity index (χ1) is 11.1. The fourth-order valence-corrected chi connectivity index (χ4v) is 2.19. The first-order valence-corrected chi connectivity index (χ1v) is 6.86. The van der Waals surface area contributed by atoms with Gasteiger partial charge in [0.1, 0.15) is 5.75 Å². The Bertz CT molecular complexity index is 960. The number of aromatic nitrogens is 2. The van der Waals surface area contributed by atoms with Gasteiger partial charge in [-0.25, -0.2) is 0 Å². The van der Waals surface area contributed by atoms with E-state index in [9.17, 15) is 14.4 Å². The SMILES string of the molecule is O=C(COc1ccccc1)Nc1cccc2c(=O)[nH][nH]c(=O)c12. The van der Waals surface area contributed by atoms with E-state index in [1.54, 1.807) is 36.4 Å². The molecule has 0 radical (unpaired) electrons. The fourth-order valence-electron chi connectivity index (χ4n) is 2.19. The Morgan fingerprint density at radius 2 is 1.70 bits per heavy atom. The zero-order valence-corrected chi connectivity index (χ0v) is 12.0. The Hall–Kier alpha value is -3.35. The molecule has 0 unspecified atom stereocenters. The van der Waals surface area contributed by atoms with Crippen molar-refractivity contribution >= 4 is 22.4 Å². The van der Waals surface area contributed by atoms with Crippen LogP contribution in [0.15, 0.2) is 58.1 Å². The summed E-state index contributed by atoms with van der Waals surface area (Å²) in [6, 6.07) is 13.5. The number of hydrogen-bond acceptors (Lipinski definition) is 4. The summed E-state index contributed by atoms with van der Waals surface area (Å²) in [6.07, 6.45) is 0. The van der Waals surface area contributed by atoms with E-state index in [-0.39, 0.29) is 23.1 Å². The minimum atomic E-state index is -0.487. The van der Waals surface area contributed by atoms with E-state index >= 15 is 0 Å². The second-order valence-electron chi connectivity index (χ2n) is 4.79. The summed E-state index contributed by atoms with van der Waals surface area (Å²) in [5.74, 6) is 0.135. The van der Waals surface area contributed by atoms with Gasteiger partial charge in [0.05, 0.1) is 16.5 Å². The minimum absolute atomic E-state index is 0.129. The van der Waals surface area contributed by atoms with E-state index in [0.717, 1.165) is 0 Å². The Kier molecular flexibility index (Phi) is 3.92. The first-order valence-electron chi connectivity index (χ1n) is 6.86. The van der Waals surface area contributed by atoms with Crippen molar-refractivity contribution in [2.45, 2.75) is 0 Å². The highest BCUT2D eigenvalue weighted by molar-refractivity contribution is 6.01. The van der Waals surface area contributed by atoms with Crippen LogP contribution in [-0.2, 0) is 4.79 Å². The van der Waals surface area contributed by atoms with Crippen molar-refractivity contribution in [2.24, 2.45) is 0 Å². The number of hydrogen-bond donors (Lipinski definition) is 3. The molecule has 7 heteroatoms. The van der Waals surface area contributed by atoms with Crippen molar-refractivity contribution in [1.82, 2.24) is 10.2 Å². The Morgan fingerprint density at radius 3 is 2.48 bits per heavy atom. The molecule has 0 aliphatic rings. The van der Waals surface area contributed by atoms with Gasteiger partial charge >= 0.3 is 0 Å². The second-order valence-corrected chi connectivity index (χ2v) is 4.79. The molecule has 0 aliphatic carbocycles. The van der Waals surface area contributed by atoms with E-state index in [1.807, 2.05) is 6.07 Å². The molecule has 0 spiro atoms. The lowest BCUT2D eigenvalue weighted by Gasteiger charge is -2.09. The van der Waals surface area contributed by atoms with E-state index < -0.39 is 17.0 Å². The number of carbonyl (C=O) groups excluding carboxylic acids is 1. The number of anilines is 1. The monoisotopic (exact) mass is 311 g/mol. The standard InChI is InChI=1S/C16H13N3O4/c20-13(9-23-10-5-2-1-3-6-10)17-12-8-4-7-11-14(12)16(22)19-18-15(11)21/h1-8H,9H2,(H,17,20)(H,18,21)(H,19,22). The van der Waals surface area contributed by atoms with Gasteiger partial charge in [-0.2, -0.15) is 0 Å². The van der Waals surface area contributed by atoms with Crippen molar-refractivity contribution in [2.75, 3.05) is 11.9 Å². The molecule has 1 aromatic heterocycles. The molecular formula is C16H13N3O4. The molecule has 7 nitrogen and oxygen atoms in total. The predicted octanol–water partition coefficient (Wildman–Crippen LogP) is 1.23. The van der Waals surface area contributed by atoms with Crippen LogP contribution in [0.5, 0.6) is 5.75 Å². The highest BCUT2D eigenvalue weighted by Crippen LogP contribution is 2.16. The quantitative estimate of drug-likeness (QED) is 0.674. The van der Waals surface area contributed by atoms with Crippen LogP contribution in [0, 0.1) is 0 Å². The number of aromatic amines is 2. The summed E-state index contributed by atoms with van der Waals surface area (Å²) in [4.78, 5) is 35.6. The minimum Gasteiger partial charge on any atom is -0.484 e. The third-order valence-corrected chi connectivity index (χ3v) is 3.21. The summed E-state index contributed by atoms with van der Waals surface area (Å²) >= 11 is 0. The molecule has 0 aliphatic heterocycles. The molecule has 1 amide bonds. The zero-order valence-electron chi connectivity index (χ0n) is 12.0. The van der Waals surface area contributed by atoms with Crippen LogP contribution < -0.4 is 21.2 Å². The highest BCUT2D eigenvalue weighted by atomic mass is 16.5. The number of ether oxygens (including phenoxy) is 1. The summed E-state index contributed by atoms with van der Waals surface area (Å²) in [5.41, 5.74) is -0.660. The van der Waals surface area contributed by atoms with Crippen LogP contribution in [0.25, 0.3) is 10.8 Å². The second kappa shape index (κ2) is 6.18. The third kappa shape index (κ3) is 3.13. The van der Waals surface area contributed by atoms with Gasteiger partial charge in [-0.1, -0.05) is 24.3 Å². The van der Waals surface area contributed by atoms with Crippen molar-refractivity contribution in [3.63, 3.8) is 0 Å². The van der Waals surface area contributed by atoms with Crippen LogP contribution in [0.2, 0.25) is 0 Å². The van der Waals surface area contributed by atoms with E-state index in [4.69, 9.17) is 4.74 Å². The molecule has 0 bridgehead atoms. The average Bonchev–Trinajstić information content (AvgIpc) is 2.57. The van der Waals surface area contributed by atoms with Crippen LogP contribution in [-0.4, -0.2) is 22.7 Å². The largest absolute Gasteiger partial charge is 0.484 e. The third-order valence-electron chi connectivity index (χ3n) is 3.21. The summed E-state index contributed by atoms with van der Waals surface area (Å²) in [7, 11) is 0. The van der Waals surface area contributed by atoms with Gasteiger partial charge in [0.2, 0.25) is 0 Å². The number of nitrogens with one attached hydrogen (secondary N) is 3. The summed E-state index contributed by atoms with van der Waals surface area (Å²) in [5, 5.41) is 7.40. The smallest absolute Gasteiger partial charge is 0.272 e. The molecule has 0 saturated carbocycles. The molecule has 23 heavy (non-hydrogen) atoms. The van der Waals surface area contributed by atoms with Gasteiger partial charge in [-0.15, -0.1) is 0 Å². The lowest BCUT2D eigenvalue weighted by molar-refractivity contribution is -0.118. The maximum atomic E-state index is 12.0. The van der Waals surface area contributed by atoms with Crippen LogP contribution in [0.4, 0.5) is 5.69 Å². The average molecular weight is 311 g/mol.